The maximum Gasteiger partial charge on any atom is 0.405 e. The predicted molar refractivity (Wildman–Crippen MR) is 185 cm³/mol. The molecule has 7 rings (SSSR count). The molecule has 0 bridgehead atoms. The number of benzene rings is 4. The first-order valence-corrected chi connectivity index (χ1v) is 16.2. The molecule has 0 radical (unpaired) electrons. The number of halogens is 3. The molecule has 0 aliphatic heterocycles. The van der Waals surface area contributed by atoms with E-state index < -0.39 is 24.0 Å². The first kappa shape index (κ1) is 31.9. The third-order valence-corrected chi connectivity index (χ3v) is 9.28. The van der Waals surface area contributed by atoms with E-state index in [1.54, 1.807) is 12.3 Å². The van der Waals surface area contributed by atoms with Crippen LogP contribution in [0.3, 0.4) is 0 Å². The average molecular weight is 659 g/mol. The lowest BCUT2D eigenvalue weighted by atomic mass is 9.73. The Kier molecular flexibility index (Phi) is 8.50. The van der Waals surface area contributed by atoms with Gasteiger partial charge in [0.2, 0.25) is 5.91 Å². The molecule has 246 valence electrons. The summed E-state index contributed by atoms with van der Waals surface area (Å²) in [5.74, 6) is -0.883. The Morgan fingerprint density at radius 2 is 1.41 bits per heavy atom. The van der Waals surface area contributed by atoms with Crippen LogP contribution in [0.1, 0.15) is 40.7 Å². The monoisotopic (exact) mass is 658 g/mol. The van der Waals surface area contributed by atoms with Gasteiger partial charge in [-0.15, -0.1) is 0 Å². The van der Waals surface area contributed by atoms with Crippen LogP contribution in [0, 0.1) is 0 Å². The number of anilines is 1. The SMILES string of the molecule is O=C(Nc1cccc2c1ccn2CCCCC1(C(=O)NCC(F)(F)F)c2ccccc2-c2ccccc21)c1ccccc1-c1ccccn1. The van der Waals surface area contributed by atoms with E-state index in [2.05, 4.69) is 20.2 Å². The summed E-state index contributed by atoms with van der Waals surface area (Å²) < 4.78 is 41.8. The maximum atomic E-state index is 13.8. The standard InChI is InChI=1S/C40H33F3N4O2/c41-40(42,43)26-45-38(49)39(32-16-5-3-12-27(32)28-13-4-6-17-33(28)39)22-8-10-24-47-25-21-31-35(19-11-20-36(31)47)46-37(48)30-15-2-1-14-29(30)34-18-7-9-23-44-34/h1-7,9,11-21,23,25H,8,10,22,24,26H2,(H,45,49)(H,46,48). The summed E-state index contributed by atoms with van der Waals surface area (Å²) in [6.07, 6.45) is 0.750. The van der Waals surface area contributed by atoms with Crippen LogP contribution in [0.2, 0.25) is 0 Å². The minimum absolute atomic E-state index is 0.243. The topological polar surface area (TPSA) is 76.0 Å². The Morgan fingerprint density at radius 1 is 0.735 bits per heavy atom. The number of hydrogen-bond donors (Lipinski definition) is 2. The Morgan fingerprint density at radius 3 is 2.10 bits per heavy atom. The minimum Gasteiger partial charge on any atom is -0.347 e. The highest BCUT2D eigenvalue weighted by Gasteiger charge is 2.49. The smallest absolute Gasteiger partial charge is 0.347 e. The molecule has 1 aliphatic rings. The molecule has 0 atom stereocenters. The van der Waals surface area contributed by atoms with Gasteiger partial charge in [0.1, 0.15) is 12.0 Å². The number of unbranched alkanes of at least 4 members (excludes halogenated alkanes) is 1. The van der Waals surface area contributed by atoms with Crippen molar-refractivity contribution in [2.24, 2.45) is 0 Å². The largest absolute Gasteiger partial charge is 0.405 e. The van der Waals surface area contributed by atoms with Crippen molar-refractivity contribution in [3.05, 3.63) is 144 Å². The lowest BCUT2D eigenvalue weighted by Crippen LogP contribution is -2.47. The van der Waals surface area contributed by atoms with E-state index in [1.807, 2.05) is 115 Å². The summed E-state index contributed by atoms with van der Waals surface area (Å²) >= 11 is 0. The molecule has 0 saturated heterocycles. The van der Waals surface area contributed by atoms with E-state index in [0.29, 0.717) is 42.8 Å². The third-order valence-electron chi connectivity index (χ3n) is 9.28. The molecule has 6 nitrogen and oxygen atoms in total. The fraction of sp³-hybridized carbons (Fsp3) is 0.175. The molecule has 0 unspecified atom stereocenters. The van der Waals surface area contributed by atoms with Crippen molar-refractivity contribution in [1.29, 1.82) is 0 Å². The van der Waals surface area contributed by atoms with Crippen molar-refractivity contribution < 1.29 is 22.8 Å². The quantitative estimate of drug-likeness (QED) is 0.145. The van der Waals surface area contributed by atoms with Gasteiger partial charge in [-0.05, 0) is 77.9 Å². The van der Waals surface area contributed by atoms with E-state index in [4.69, 9.17) is 0 Å². The van der Waals surface area contributed by atoms with Crippen molar-refractivity contribution >= 4 is 28.4 Å². The molecule has 2 amide bonds. The highest BCUT2D eigenvalue weighted by atomic mass is 19.4. The lowest BCUT2D eigenvalue weighted by Gasteiger charge is -2.31. The number of amides is 2. The van der Waals surface area contributed by atoms with Crippen LogP contribution < -0.4 is 10.6 Å². The van der Waals surface area contributed by atoms with Crippen molar-refractivity contribution in [1.82, 2.24) is 14.9 Å². The van der Waals surface area contributed by atoms with Gasteiger partial charge in [0.25, 0.3) is 5.91 Å². The molecule has 6 aromatic rings. The minimum atomic E-state index is -4.52. The molecule has 2 aromatic heterocycles. The van der Waals surface area contributed by atoms with E-state index in [0.717, 1.165) is 38.7 Å². The first-order chi connectivity index (χ1) is 23.8. The summed E-state index contributed by atoms with van der Waals surface area (Å²) in [7, 11) is 0. The van der Waals surface area contributed by atoms with Gasteiger partial charge in [0.15, 0.2) is 0 Å². The van der Waals surface area contributed by atoms with Crippen LogP contribution >= 0.6 is 0 Å². The lowest BCUT2D eigenvalue weighted by molar-refractivity contribution is -0.141. The van der Waals surface area contributed by atoms with Gasteiger partial charge in [-0.3, -0.25) is 14.6 Å². The summed E-state index contributed by atoms with van der Waals surface area (Å²) in [6.45, 7) is -0.770. The maximum absolute atomic E-state index is 13.8. The zero-order valence-electron chi connectivity index (χ0n) is 26.5. The molecule has 1 aliphatic carbocycles. The predicted octanol–water partition coefficient (Wildman–Crippen LogP) is 8.77. The van der Waals surface area contributed by atoms with Crippen molar-refractivity contribution in [2.45, 2.75) is 37.4 Å². The second kappa shape index (κ2) is 13.1. The van der Waals surface area contributed by atoms with Crippen molar-refractivity contribution in [3.63, 3.8) is 0 Å². The zero-order chi connectivity index (χ0) is 34.0. The summed E-state index contributed by atoms with van der Waals surface area (Å²) in [5, 5.41) is 6.17. The second-order valence-corrected chi connectivity index (χ2v) is 12.2. The number of fused-ring (bicyclic) bond motifs is 4. The van der Waals surface area contributed by atoms with Gasteiger partial charge in [0.05, 0.1) is 16.9 Å². The average Bonchev–Trinajstić information content (AvgIpc) is 3.67. The van der Waals surface area contributed by atoms with Crippen LogP contribution in [0.4, 0.5) is 18.9 Å². The molecule has 0 spiro atoms. The molecule has 2 heterocycles. The second-order valence-electron chi connectivity index (χ2n) is 12.2. The van der Waals surface area contributed by atoms with E-state index in [9.17, 15) is 22.8 Å². The number of pyridine rings is 1. The highest BCUT2D eigenvalue weighted by molar-refractivity contribution is 6.11. The van der Waals surface area contributed by atoms with Crippen LogP contribution in [-0.4, -0.2) is 34.1 Å². The molecular weight excluding hydrogens is 625 g/mol. The number of aromatic nitrogens is 2. The zero-order valence-corrected chi connectivity index (χ0v) is 26.5. The van der Waals surface area contributed by atoms with Gasteiger partial charge in [-0.1, -0.05) is 78.9 Å². The van der Waals surface area contributed by atoms with Crippen LogP contribution in [-0.2, 0) is 16.8 Å². The summed E-state index contributed by atoms with van der Waals surface area (Å²) in [5.41, 5.74) is 5.54. The molecular formula is C40H33F3N4O2. The number of alkyl halides is 3. The van der Waals surface area contributed by atoms with Gasteiger partial charge in [-0.2, -0.15) is 13.2 Å². The summed E-state index contributed by atoms with van der Waals surface area (Å²) in [4.78, 5) is 31.7. The molecule has 0 saturated carbocycles. The van der Waals surface area contributed by atoms with Crippen molar-refractivity contribution in [3.8, 4) is 22.4 Å². The first-order valence-electron chi connectivity index (χ1n) is 16.2. The number of carbonyl (C=O) groups is 2. The van der Waals surface area contributed by atoms with Crippen molar-refractivity contribution in [2.75, 3.05) is 11.9 Å². The fourth-order valence-electron chi connectivity index (χ4n) is 7.10. The number of nitrogens with one attached hydrogen (secondary N) is 2. The summed E-state index contributed by atoms with van der Waals surface area (Å²) in [6, 6.07) is 35.6. The Hall–Kier alpha value is -5.70. The third kappa shape index (κ3) is 6.08. The van der Waals surface area contributed by atoms with E-state index in [-0.39, 0.29) is 5.91 Å². The number of nitrogens with zero attached hydrogens (tertiary/aromatic N) is 2. The van der Waals surface area contributed by atoms with Gasteiger partial charge in [-0.25, -0.2) is 0 Å². The molecule has 4 aromatic carbocycles. The van der Waals surface area contributed by atoms with Gasteiger partial charge in [0, 0.05) is 35.5 Å². The fourth-order valence-corrected chi connectivity index (χ4v) is 7.10. The molecule has 2 N–H and O–H groups in total. The molecule has 0 fully saturated rings. The van der Waals surface area contributed by atoms with Gasteiger partial charge >= 0.3 is 6.18 Å². The van der Waals surface area contributed by atoms with E-state index in [1.165, 1.54) is 0 Å². The number of aryl methyl sites for hydroxylation is 1. The van der Waals surface area contributed by atoms with Crippen LogP contribution in [0.25, 0.3) is 33.3 Å². The number of rotatable bonds is 10. The Balaban J connectivity index is 1.10. The van der Waals surface area contributed by atoms with Crippen LogP contribution in [0.15, 0.2) is 128 Å². The number of carbonyl (C=O) groups excluding carboxylic acids is 2. The van der Waals surface area contributed by atoms with E-state index >= 15 is 0 Å². The molecule has 9 heteroatoms. The number of hydrogen-bond acceptors (Lipinski definition) is 3. The Bertz CT molecular complexity index is 2110. The highest BCUT2D eigenvalue weighted by Crippen LogP contribution is 2.51. The molecule has 49 heavy (non-hydrogen) atoms. The Labute approximate surface area is 281 Å². The normalized spacial score (nSPS) is 13.1. The van der Waals surface area contributed by atoms with Crippen LogP contribution in [0.5, 0.6) is 0 Å². The van der Waals surface area contributed by atoms with Gasteiger partial charge < -0.3 is 15.2 Å².